The van der Waals surface area contributed by atoms with Crippen molar-refractivity contribution in [2.24, 2.45) is 5.92 Å². The van der Waals surface area contributed by atoms with E-state index in [0.29, 0.717) is 11.7 Å². The van der Waals surface area contributed by atoms with Gasteiger partial charge in [-0.2, -0.15) is 0 Å². The average molecular weight is 347 g/mol. The molecular formula is C22H34O3. The molecule has 0 unspecified atom stereocenters. The molecule has 0 aliphatic heterocycles. The number of benzene rings is 2. The second kappa shape index (κ2) is 14.5. The van der Waals surface area contributed by atoms with Crippen LogP contribution in [0.3, 0.4) is 0 Å². The quantitative estimate of drug-likeness (QED) is 0.702. The van der Waals surface area contributed by atoms with E-state index in [-0.39, 0.29) is 0 Å². The zero-order chi connectivity index (χ0) is 19.1. The summed E-state index contributed by atoms with van der Waals surface area (Å²) < 4.78 is 4.25. The van der Waals surface area contributed by atoms with Crippen molar-refractivity contribution in [3.8, 4) is 5.75 Å². The number of rotatable bonds is 2. The third-order valence-corrected chi connectivity index (χ3v) is 3.64. The van der Waals surface area contributed by atoms with Crippen LogP contribution in [-0.2, 0) is 16.0 Å². The Kier molecular flexibility index (Phi) is 13.4. The minimum atomic E-state index is 0.330. The number of aldehydes is 1. The van der Waals surface area contributed by atoms with E-state index < -0.39 is 0 Å². The average Bonchev–Trinajstić information content (AvgIpc) is 2.55. The van der Waals surface area contributed by atoms with Crippen molar-refractivity contribution in [3.05, 3.63) is 42.0 Å². The molecule has 0 amide bonds. The van der Waals surface area contributed by atoms with E-state index in [0.717, 1.165) is 30.9 Å². The molecule has 0 atom stereocenters. The number of aromatic hydroxyl groups is 1. The third-order valence-electron chi connectivity index (χ3n) is 3.64. The number of ether oxygens (including phenoxy) is 1. The van der Waals surface area contributed by atoms with Crippen LogP contribution in [0.1, 0.15) is 52.0 Å². The Bertz CT molecular complexity index is 587. The summed E-state index contributed by atoms with van der Waals surface area (Å²) in [7, 11) is 3.25. The summed E-state index contributed by atoms with van der Waals surface area (Å²) in [5.41, 5.74) is 1.33. The Balaban J connectivity index is 0.000000399. The normalized spacial score (nSPS) is 12.4. The van der Waals surface area contributed by atoms with Gasteiger partial charge in [0.05, 0.1) is 0 Å². The van der Waals surface area contributed by atoms with E-state index in [9.17, 15) is 9.90 Å². The molecule has 0 radical (unpaired) electrons. The van der Waals surface area contributed by atoms with Gasteiger partial charge in [-0.1, -0.05) is 57.9 Å². The Labute approximate surface area is 153 Å². The topological polar surface area (TPSA) is 46.5 Å². The summed E-state index contributed by atoms with van der Waals surface area (Å²) in [5.74, 6) is 0.766. The van der Waals surface area contributed by atoms with Crippen LogP contribution in [0.4, 0.5) is 0 Å². The van der Waals surface area contributed by atoms with Crippen LogP contribution in [0, 0.1) is 5.92 Å². The summed E-state index contributed by atoms with van der Waals surface area (Å²) in [6, 6.07) is 11.8. The maximum atomic E-state index is 9.79. The predicted octanol–water partition coefficient (Wildman–Crippen LogP) is 5.77. The predicted molar refractivity (Wildman–Crippen MR) is 107 cm³/mol. The molecule has 3 nitrogen and oxygen atoms in total. The molecule has 0 heterocycles. The molecule has 0 bridgehead atoms. The highest BCUT2D eigenvalue weighted by Crippen LogP contribution is 2.23. The Hall–Kier alpha value is -1.87. The van der Waals surface area contributed by atoms with Crippen LogP contribution in [0.2, 0.25) is 0 Å². The third kappa shape index (κ3) is 9.88. The molecule has 0 spiro atoms. The summed E-state index contributed by atoms with van der Waals surface area (Å²) in [5, 5.41) is 11.5. The fraction of sp³-hybridized carbons (Fsp3) is 0.500. The summed E-state index contributed by atoms with van der Waals surface area (Å²) in [4.78, 5) is 9.79. The van der Waals surface area contributed by atoms with E-state index in [2.05, 4.69) is 37.6 Å². The SMILES string of the molecule is CCC.CCc1ccc2cc(O)ccc2c1.COC.O=CC1CCC1. The Morgan fingerprint density at radius 1 is 1.04 bits per heavy atom. The van der Waals surface area contributed by atoms with Crippen molar-refractivity contribution in [3.63, 3.8) is 0 Å². The molecule has 140 valence electrons. The second-order valence-electron chi connectivity index (χ2n) is 6.16. The van der Waals surface area contributed by atoms with Gasteiger partial charge < -0.3 is 14.6 Å². The van der Waals surface area contributed by atoms with E-state index in [1.807, 2.05) is 12.1 Å². The van der Waals surface area contributed by atoms with Gasteiger partial charge >= 0.3 is 0 Å². The number of phenolic OH excluding ortho intramolecular Hbond substituents is 1. The van der Waals surface area contributed by atoms with E-state index in [1.54, 1.807) is 26.4 Å². The van der Waals surface area contributed by atoms with Crippen molar-refractivity contribution >= 4 is 17.1 Å². The number of phenols is 1. The van der Waals surface area contributed by atoms with Crippen LogP contribution in [-0.4, -0.2) is 25.6 Å². The van der Waals surface area contributed by atoms with Gasteiger partial charge in [0.15, 0.2) is 0 Å². The highest BCUT2D eigenvalue weighted by molar-refractivity contribution is 5.84. The fourth-order valence-corrected chi connectivity index (χ4v) is 2.08. The molecule has 1 fully saturated rings. The van der Waals surface area contributed by atoms with Crippen molar-refractivity contribution in [2.45, 2.75) is 52.9 Å². The highest BCUT2D eigenvalue weighted by atomic mass is 16.4. The molecule has 1 aliphatic carbocycles. The zero-order valence-electron chi connectivity index (χ0n) is 16.4. The summed E-state index contributed by atoms with van der Waals surface area (Å²) in [6.45, 7) is 6.39. The lowest BCUT2D eigenvalue weighted by molar-refractivity contribution is -0.113. The van der Waals surface area contributed by atoms with Gasteiger partial charge in [0.25, 0.3) is 0 Å². The van der Waals surface area contributed by atoms with Gasteiger partial charge in [-0.15, -0.1) is 0 Å². The van der Waals surface area contributed by atoms with E-state index in [1.165, 1.54) is 23.8 Å². The van der Waals surface area contributed by atoms with Crippen molar-refractivity contribution in [2.75, 3.05) is 14.2 Å². The van der Waals surface area contributed by atoms with Crippen molar-refractivity contribution < 1.29 is 14.6 Å². The molecule has 3 rings (SSSR count). The van der Waals surface area contributed by atoms with Crippen LogP contribution >= 0.6 is 0 Å². The molecule has 25 heavy (non-hydrogen) atoms. The Morgan fingerprint density at radius 2 is 1.56 bits per heavy atom. The molecule has 1 N–H and O–H groups in total. The Morgan fingerprint density at radius 3 is 1.96 bits per heavy atom. The fourth-order valence-electron chi connectivity index (χ4n) is 2.08. The minimum Gasteiger partial charge on any atom is -0.508 e. The molecular weight excluding hydrogens is 312 g/mol. The number of carbonyl (C=O) groups excluding carboxylic acids is 1. The lowest BCUT2D eigenvalue weighted by Gasteiger charge is -2.17. The lowest BCUT2D eigenvalue weighted by atomic mass is 9.87. The van der Waals surface area contributed by atoms with Gasteiger partial charge in [-0.3, -0.25) is 0 Å². The molecule has 2 aromatic carbocycles. The highest BCUT2D eigenvalue weighted by Gasteiger charge is 2.14. The van der Waals surface area contributed by atoms with Crippen LogP contribution in [0.15, 0.2) is 36.4 Å². The first kappa shape index (κ1) is 23.1. The minimum absolute atomic E-state index is 0.330. The molecule has 0 aromatic heterocycles. The molecule has 2 aromatic rings. The lowest BCUT2D eigenvalue weighted by Crippen LogP contribution is -2.10. The van der Waals surface area contributed by atoms with Crippen LogP contribution in [0.25, 0.3) is 10.8 Å². The maximum absolute atomic E-state index is 9.79. The summed E-state index contributed by atoms with van der Waals surface area (Å²) in [6.07, 6.45) is 6.91. The van der Waals surface area contributed by atoms with Crippen LogP contribution in [0.5, 0.6) is 5.75 Å². The van der Waals surface area contributed by atoms with Gasteiger partial charge in [0.2, 0.25) is 0 Å². The smallest absolute Gasteiger partial charge is 0.123 e. The first-order valence-electron chi connectivity index (χ1n) is 9.13. The zero-order valence-corrected chi connectivity index (χ0v) is 16.4. The van der Waals surface area contributed by atoms with E-state index >= 15 is 0 Å². The van der Waals surface area contributed by atoms with Crippen LogP contribution < -0.4 is 0 Å². The standard InChI is InChI=1S/C12H12O.C5H8O.C3H8.C2H6O/c1-2-9-3-4-11-8-12(13)6-5-10(11)7-9;6-4-5-2-1-3-5;2*1-3-2/h3-8,13H,2H2,1H3;4-5H,1-3H2;3H2,1-2H3;1-2H3. The van der Waals surface area contributed by atoms with E-state index in [4.69, 9.17) is 0 Å². The largest absolute Gasteiger partial charge is 0.508 e. The van der Waals surface area contributed by atoms with Gasteiger partial charge in [-0.05, 0) is 47.7 Å². The number of aryl methyl sites for hydroxylation is 1. The van der Waals surface area contributed by atoms with Gasteiger partial charge in [0, 0.05) is 20.1 Å². The molecule has 1 aliphatic rings. The van der Waals surface area contributed by atoms with Crippen molar-refractivity contribution in [1.29, 1.82) is 0 Å². The number of hydrogen-bond donors (Lipinski definition) is 1. The first-order valence-corrected chi connectivity index (χ1v) is 9.13. The van der Waals surface area contributed by atoms with Gasteiger partial charge in [-0.25, -0.2) is 0 Å². The second-order valence-corrected chi connectivity index (χ2v) is 6.16. The number of fused-ring (bicyclic) bond motifs is 1. The van der Waals surface area contributed by atoms with Crippen molar-refractivity contribution in [1.82, 2.24) is 0 Å². The summed E-state index contributed by atoms with van der Waals surface area (Å²) >= 11 is 0. The molecule has 3 heteroatoms. The maximum Gasteiger partial charge on any atom is 0.123 e. The number of carbonyl (C=O) groups is 1. The van der Waals surface area contributed by atoms with Gasteiger partial charge in [0.1, 0.15) is 12.0 Å². The first-order chi connectivity index (χ1) is 12.1. The monoisotopic (exact) mass is 346 g/mol. The number of hydrogen-bond acceptors (Lipinski definition) is 3. The molecule has 1 saturated carbocycles. The number of methoxy groups -OCH3 is 1. The molecule has 0 saturated heterocycles.